The van der Waals surface area contributed by atoms with E-state index < -0.39 is 0 Å². The molecule has 0 aliphatic carbocycles. The molecule has 0 atom stereocenters. The van der Waals surface area contributed by atoms with Gasteiger partial charge in [0, 0.05) is 36.3 Å². The van der Waals surface area contributed by atoms with Crippen molar-refractivity contribution in [1.82, 2.24) is 29.3 Å². The highest BCUT2D eigenvalue weighted by Gasteiger charge is 2.21. The second-order valence-corrected chi connectivity index (χ2v) is 8.94. The van der Waals surface area contributed by atoms with Gasteiger partial charge in [0.1, 0.15) is 29.3 Å². The molecule has 0 fully saturated rings. The third-order valence-corrected chi connectivity index (χ3v) is 6.66. The smallest absolute Gasteiger partial charge is 0.272 e. The summed E-state index contributed by atoms with van der Waals surface area (Å²) >= 11 is 0. The molecule has 6 rings (SSSR count). The fraction of sp³-hybridized carbons (Fsp3) is 0.107. The Kier molecular flexibility index (Phi) is 5.89. The Morgan fingerprint density at radius 1 is 1.05 bits per heavy atom. The van der Waals surface area contributed by atoms with Crippen molar-refractivity contribution < 1.29 is 9.53 Å². The molecule has 11 nitrogen and oxygen atoms in total. The van der Waals surface area contributed by atoms with Gasteiger partial charge in [0.2, 0.25) is 0 Å². The van der Waals surface area contributed by atoms with E-state index >= 15 is 0 Å². The Labute approximate surface area is 223 Å². The highest BCUT2D eigenvalue weighted by molar-refractivity contribution is 6.07. The van der Waals surface area contributed by atoms with Gasteiger partial charge in [0.15, 0.2) is 5.65 Å². The average Bonchev–Trinajstić information content (AvgIpc) is 3.52. The van der Waals surface area contributed by atoms with E-state index in [0.29, 0.717) is 57.5 Å². The van der Waals surface area contributed by atoms with Gasteiger partial charge in [0.05, 0.1) is 29.6 Å². The number of carbonyl (C=O) groups excluding carboxylic acids is 1. The quantitative estimate of drug-likeness (QED) is 0.301. The number of aryl methyl sites for hydroxylation is 1. The zero-order valence-corrected chi connectivity index (χ0v) is 21.3. The lowest BCUT2D eigenvalue weighted by atomic mass is 10.1. The first-order valence-corrected chi connectivity index (χ1v) is 12.2. The Bertz CT molecular complexity index is 1870. The monoisotopic (exact) mass is 519 g/mol. The SMILES string of the molecule is COc1cc(-c2nn(-c3ccnc(CN)c3)c3ncnc(N)c23)ccc1NC(=O)c1cc2ccccc2n1C. The summed E-state index contributed by atoms with van der Waals surface area (Å²) in [5.74, 6) is 0.508. The van der Waals surface area contributed by atoms with Crippen molar-refractivity contribution in [2.45, 2.75) is 6.54 Å². The Balaban J connectivity index is 1.40. The molecule has 39 heavy (non-hydrogen) atoms. The molecule has 6 aromatic rings. The number of nitrogen functional groups attached to an aromatic ring is 1. The lowest BCUT2D eigenvalue weighted by Gasteiger charge is -2.12. The van der Waals surface area contributed by atoms with E-state index in [4.69, 9.17) is 21.3 Å². The van der Waals surface area contributed by atoms with Crippen LogP contribution in [0.2, 0.25) is 0 Å². The number of carbonyl (C=O) groups is 1. The summed E-state index contributed by atoms with van der Waals surface area (Å²) in [6, 6.07) is 18.8. The van der Waals surface area contributed by atoms with Crippen LogP contribution in [0.25, 0.3) is 38.9 Å². The van der Waals surface area contributed by atoms with Crippen LogP contribution in [0.3, 0.4) is 0 Å². The van der Waals surface area contributed by atoms with Crippen LogP contribution in [0.5, 0.6) is 5.75 Å². The molecule has 0 unspecified atom stereocenters. The third kappa shape index (κ3) is 4.10. The molecule has 0 saturated heterocycles. The second kappa shape index (κ2) is 9.54. The number of hydrogen-bond acceptors (Lipinski definition) is 8. The van der Waals surface area contributed by atoms with Gasteiger partial charge in [-0.3, -0.25) is 9.78 Å². The molecule has 4 heterocycles. The number of hydrogen-bond donors (Lipinski definition) is 3. The van der Waals surface area contributed by atoms with E-state index in [1.165, 1.54) is 6.33 Å². The highest BCUT2D eigenvalue weighted by atomic mass is 16.5. The van der Waals surface area contributed by atoms with Gasteiger partial charge in [-0.25, -0.2) is 14.6 Å². The number of nitrogens with one attached hydrogen (secondary N) is 1. The second-order valence-electron chi connectivity index (χ2n) is 8.94. The zero-order chi connectivity index (χ0) is 27.1. The van der Waals surface area contributed by atoms with E-state index in [1.807, 2.05) is 60.1 Å². The van der Waals surface area contributed by atoms with Crippen molar-refractivity contribution in [3.8, 4) is 22.7 Å². The fourth-order valence-corrected chi connectivity index (χ4v) is 4.70. The Morgan fingerprint density at radius 2 is 1.90 bits per heavy atom. The van der Waals surface area contributed by atoms with Crippen LogP contribution in [0.1, 0.15) is 16.2 Å². The first-order valence-electron chi connectivity index (χ1n) is 12.2. The number of anilines is 2. The van der Waals surface area contributed by atoms with Gasteiger partial charge in [-0.15, -0.1) is 0 Å². The number of nitrogens with two attached hydrogens (primary N) is 2. The first kappa shape index (κ1) is 24.1. The van der Waals surface area contributed by atoms with Crippen molar-refractivity contribution >= 4 is 39.3 Å². The lowest BCUT2D eigenvalue weighted by molar-refractivity contribution is 0.101. The van der Waals surface area contributed by atoms with E-state index in [-0.39, 0.29) is 5.91 Å². The number of rotatable bonds is 6. The molecule has 11 heteroatoms. The van der Waals surface area contributed by atoms with Crippen molar-refractivity contribution in [1.29, 1.82) is 0 Å². The number of amides is 1. The Hall–Kier alpha value is -5.29. The maximum atomic E-state index is 13.2. The molecule has 2 aromatic carbocycles. The fourth-order valence-electron chi connectivity index (χ4n) is 4.70. The number of fused-ring (bicyclic) bond motifs is 2. The normalized spacial score (nSPS) is 11.3. The van der Waals surface area contributed by atoms with E-state index in [0.717, 1.165) is 16.6 Å². The van der Waals surface area contributed by atoms with Crippen molar-refractivity contribution in [3.63, 3.8) is 0 Å². The van der Waals surface area contributed by atoms with Gasteiger partial charge in [-0.1, -0.05) is 24.3 Å². The largest absolute Gasteiger partial charge is 0.495 e. The molecule has 0 aliphatic rings. The van der Waals surface area contributed by atoms with Gasteiger partial charge >= 0.3 is 0 Å². The van der Waals surface area contributed by atoms with Crippen LogP contribution in [-0.4, -0.2) is 42.3 Å². The van der Waals surface area contributed by atoms with Crippen molar-refractivity contribution in [2.75, 3.05) is 18.2 Å². The number of pyridine rings is 1. The zero-order valence-electron chi connectivity index (χ0n) is 21.3. The minimum Gasteiger partial charge on any atom is -0.495 e. The number of aromatic nitrogens is 6. The van der Waals surface area contributed by atoms with E-state index in [2.05, 4.69) is 20.3 Å². The van der Waals surface area contributed by atoms with Crippen molar-refractivity contribution in [3.05, 3.63) is 84.6 Å². The predicted octanol–water partition coefficient (Wildman–Crippen LogP) is 3.67. The molecule has 1 amide bonds. The van der Waals surface area contributed by atoms with Crippen LogP contribution >= 0.6 is 0 Å². The highest BCUT2D eigenvalue weighted by Crippen LogP contribution is 2.36. The molecular weight excluding hydrogens is 494 g/mol. The molecule has 0 spiro atoms. The van der Waals surface area contributed by atoms with Crippen LogP contribution in [0.15, 0.2) is 73.2 Å². The number of ether oxygens (including phenoxy) is 1. The molecular formula is C28H25N9O2. The van der Waals surface area contributed by atoms with Gasteiger partial charge < -0.3 is 26.1 Å². The number of para-hydroxylation sites is 1. The maximum absolute atomic E-state index is 13.2. The molecule has 4 aromatic heterocycles. The average molecular weight is 520 g/mol. The van der Waals surface area contributed by atoms with Gasteiger partial charge in [-0.2, -0.15) is 5.10 Å². The van der Waals surface area contributed by atoms with Crippen LogP contribution in [0, 0.1) is 0 Å². The third-order valence-electron chi connectivity index (χ3n) is 6.66. The summed E-state index contributed by atoms with van der Waals surface area (Å²) in [6.45, 7) is 0.292. The Morgan fingerprint density at radius 3 is 2.69 bits per heavy atom. The van der Waals surface area contributed by atoms with Crippen LogP contribution in [0.4, 0.5) is 11.5 Å². The van der Waals surface area contributed by atoms with Crippen molar-refractivity contribution in [2.24, 2.45) is 12.8 Å². The van der Waals surface area contributed by atoms with E-state index in [9.17, 15) is 4.79 Å². The molecule has 0 saturated carbocycles. The van der Waals surface area contributed by atoms with Gasteiger partial charge in [-0.05, 0) is 36.4 Å². The minimum absolute atomic E-state index is 0.250. The predicted molar refractivity (Wildman–Crippen MR) is 150 cm³/mol. The lowest BCUT2D eigenvalue weighted by Crippen LogP contribution is -2.16. The number of nitrogens with zero attached hydrogens (tertiary/aromatic N) is 6. The topological polar surface area (TPSA) is 152 Å². The summed E-state index contributed by atoms with van der Waals surface area (Å²) in [7, 11) is 3.41. The summed E-state index contributed by atoms with van der Waals surface area (Å²) in [4.78, 5) is 26.1. The first-order chi connectivity index (χ1) is 19.0. The number of benzene rings is 2. The van der Waals surface area contributed by atoms with Crippen LogP contribution in [-0.2, 0) is 13.6 Å². The van der Waals surface area contributed by atoms with Gasteiger partial charge in [0.25, 0.3) is 5.91 Å². The summed E-state index contributed by atoms with van der Waals surface area (Å²) in [5.41, 5.74) is 17.4. The van der Waals surface area contributed by atoms with Crippen LogP contribution < -0.4 is 21.5 Å². The summed E-state index contributed by atoms with van der Waals surface area (Å²) in [5, 5.41) is 9.39. The molecule has 0 bridgehead atoms. The summed E-state index contributed by atoms with van der Waals surface area (Å²) < 4.78 is 9.21. The number of methoxy groups -OCH3 is 1. The molecule has 194 valence electrons. The maximum Gasteiger partial charge on any atom is 0.272 e. The molecule has 5 N–H and O–H groups in total. The van der Waals surface area contributed by atoms with E-state index in [1.54, 1.807) is 30.1 Å². The molecule has 0 aliphatic heterocycles. The standard InChI is InChI=1S/C28H25N9O2/c1-36-21-6-4-3-5-16(21)11-22(36)28(38)34-20-8-7-17(12-23(20)39-2)25-24-26(30)32-15-33-27(24)37(35-25)19-9-10-31-18(13-19)14-29/h3-13,15H,14,29H2,1-2H3,(H,34,38)(H2,30,32,33). The molecule has 0 radical (unpaired) electrons. The minimum atomic E-state index is -0.250. The summed E-state index contributed by atoms with van der Waals surface area (Å²) in [6.07, 6.45) is 3.07.